The van der Waals surface area contributed by atoms with Gasteiger partial charge in [-0.2, -0.15) is 0 Å². The fourth-order valence-corrected chi connectivity index (χ4v) is 2.24. The van der Waals surface area contributed by atoms with Gasteiger partial charge in [0.1, 0.15) is 11.9 Å². The molecule has 0 aromatic heterocycles. The lowest BCUT2D eigenvalue weighted by Gasteiger charge is -2.15. The van der Waals surface area contributed by atoms with Gasteiger partial charge in [-0.25, -0.2) is 4.39 Å². The highest BCUT2D eigenvalue weighted by Gasteiger charge is 2.23. The number of carbonyl (C=O) groups excluding carboxylic acids is 2. The molecule has 2 rings (SSSR count). The molecule has 19 heavy (non-hydrogen) atoms. The van der Waals surface area contributed by atoms with Crippen molar-refractivity contribution in [3.05, 3.63) is 34.6 Å². The number of rotatable bonds is 2. The molecule has 2 amide bonds. The molecule has 1 atom stereocenters. The van der Waals surface area contributed by atoms with E-state index < -0.39 is 17.8 Å². The van der Waals surface area contributed by atoms with Crippen LogP contribution in [0, 0.1) is 5.82 Å². The van der Waals surface area contributed by atoms with Crippen LogP contribution in [0.1, 0.15) is 29.6 Å². The van der Waals surface area contributed by atoms with Crippen molar-refractivity contribution >= 4 is 23.4 Å². The van der Waals surface area contributed by atoms with Gasteiger partial charge >= 0.3 is 0 Å². The van der Waals surface area contributed by atoms with Gasteiger partial charge in [-0.3, -0.25) is 9.59 Å². The summed E-state index contributed by atoms with van der Waals surface area (Å²) >= 11 is 5.81. The molecule has 0 aliphatic carbocycles. The van der Waals surface area contributed by atoms with Gasteiger partial charge in [-0.05, 0) is 37.5 Å². The third-order valence-corrected chi connectivity index (χ3v) is 3.33. The van der Waals surface area contributed by atoms with Gasteiger partial charge in [0, 0.05) is 6.54 Å². The van der Waals surface area contributed by atoms with E-state index in [9.17, 15) is 14.0 Å². The molecule has 0 bridgehead atoms. The lowest BCUT2D eigenvalue weighted by molar-refractivity contribution is -0.122. The van der Waals surface area contributed by atoms with Crippen LogP contribution in [0.25, 0.3) is 0 Å². The molecule has 0 saturated carbocycles. The average molecular weight is 285 g/mol. The highest BCUT2D eigenvalue weighted by atomic mass is 35.5. The Morgan fingerprint density at radius 1 is 1.42 bits per heavy atom. The van der Waals surface area contributed by atoms with Crippen LogP contribution < -0.4 is 10.6 Å². The van der Waals surface area contributed by atoms with E-state index in [1.54, 1.807) is 0 Å². The minimum Gasteiger partial charge on any atom is -0.354 e. The van der Waals surface area contributed by atoms with E-state index in [1.807, 2.05) is 0 Å². The fourth-order valence-electron chi connectivity index (χ4n) is 1.99. The molecule has 0 spiro atoms. The Labute approximate surface area is 115 Å². The summed E-state index contributed by atoms with van der Waals surface area (Å²) in [6.45, 7) is 0.627. The second kappa shape index (κ2) is 6.02. The van der Waals surface area contributed by atoms with Gasteiger partial charge in [0.05, 0.1) is 10.6 Å². The van der Waals surface area contributed by atoms with E-state index in [0.717, 1.165) is 25.0 Å². The number of halogens is 2. The maximum absolute atomic E-state index is 12.9. The minimum absolute atomic E-state index is 0.0338. The maximum Gasteiger partial charge on any atom is 0.253 e. The minimum atomic E-state index is -0.559. The van der Waals surface area contributed by atoms with E-state index in [2.05, 4.69) is 10.6 Å². The van der Waals surface area contributed by atoms with Gasteiger partial charge in [0.25, 0.3) is 5.91 Å². The maximum atomic E-state index is 12.9. The van der Waals surface area contributed by atoms with E-state index in [0.29, 0.717) is 13.0 Å². The topological polar surface area (TPSA) is 58.2 Å². The van der Waals surface area contributed by atoms with E-state index in [1.165, 1.54) is 6.07 Å². The van der Waals surface area contributed by atoms with Crippen molar-refractivity contribution in [3.63, 3.8) is 0 Å². The number of amides is 2. The molecule has 1 aliphatic rings. The van der Waals surface area contributed by atoms with Gasteiger partial charge in [0.2, 0.25) is 5.91 Å². The van der Waals surface area contributed by atoms with Crippen molar-refractivity contribution in [1.82, 2.24) is 10.6 Å². The second-order valence-corrected chi connectivity index (χ2v) is 4.84. The molecule has 1 aromatic rings. The van der Waals surface area contributed by atoms with Crippen LogP contribution in [0.4, 0.5) is 4.39 Å². The number of benzene rings is 1. The fraction of sp³-hybridized carbons (Fsp3) is 0.385. The van der Waals surface area contributed by atoms with E-state index in [4.69, 9.17) is 11.6 Å². The van der Waals surface area contributed by atoms with Gasteiger partial charge in [0.15, 0.2) is 0 Å². The first-order valence-corrected chi connectivity index (χ1v) is 6.49. The third kappa shape index (κ3) is 3.44. The largest absolute Gasteiger partial charge is 0.354 e. The Bertz CT molecular complexity index is 507. The predicted octanol–water partition coefficient (Wildman–Crippen LogP) is 1.88. The first-order chi connectivity index (χ1) is 9.08. The molecule has 0 radical (unpaired) electrons. The zero-order valence-corrected chi connectivity index (χ0v) is 11.0. The first kappa shape index (κ1) is 13.8. The summed E-state index contributed by atoms with van der Waals surface area (Å²) < 4.78 is 12.9. The van der Waals surface area contributed by atoms with Crippen molar-refractivity contribution in [3.8, 4) is 0 Å². The quantitative estimate of drug-likeness (QED) is 0.871. The molecule has 102 valence electrons. The number of hydrogen-bond donors (Lipinski definition) is 2. The molecular formula is C13H14ClFN2O2. The van der Waals surface area contributed by atoms with Crippen LogP contribution >= 0.6 is 11.6 Å². The SMILES string of the molecule is O=C(NC1CCCCNC1=O)c1ccc(F)cc1Cl. The van der Waals surface area contributed by atoms with Crippen molar-refractivity contribution in [1.29, 1.82) is 0 Å². The lowest BCUT2D eigenvalue weighted by Crippen LogP contribution is -2.45. The van der Waals surface area contributed by atoms with Crippen molar-refractivity contribution in [2.24, 2.45) is 0 Å². The number of nitrogens with one attached hydrogen (secondary N) is 2. The summed E-state index contributed by atoms with van der Waals surface area (Å²) in [6, 6.07) is 2.98. The van der Waals surface area contributed by atoms with Crippen LogP contribution in [0.2, 0.25) is 5.02 Å². The van der Waals surface area contributed by atoms with Crippen LogP contribution in [-0.2, 0) is 4.79 Å². The molecule has 2 N–H and O–H groups in total. The zero-order chi connectivity index (χ0) is 13.8. The van der Waals surface area contributed by atoms with Crippen LogP contribution in [-0.4, -0.2) is 24.4 Å². The van der Waals surface area contributed by atoms with Crippen LogP contribution in [0.3, 0.4) is 0 Å². The van der Waals surface area contributed by atoms with Crippen molar-refractivity contribution in [2.45, 2.75) is 25.3 Å². The Kier molecular flexibility index (Phi) is 4.37. The molecule has 6 heteroatoms. The summed E-state index contributed by atoms with van der Waals surface area (Å²) in [6.07, 6.45) is 2.35. The number of hydrogen-bond acceptors (Lipinski definition) is 2. The summed E-state index contributed by atoms with van der Waals surface area (Å²) in [5.41, 5.74) is 0.167. The lowest BCUT2D eigenvalue weighted by atomic mass is 10.1. The Hall–Kier alpha value is -1.62. The average Bonchev–Trinajstić information content (AvgIpc) is 2.55. The third-order valence-electron chi connectivity index (χ3n) is 3.02. The summed E-state index contributed by atoms with van der Waals surface area (Å²) in [5.74, 6) is -1.16. The second-order valence-electron chi connectivity index (χ2n) is 4.44. The normalized spacial score (nSPS) is 19.5. The smallest absolute Gasteiger partial charge is 0.253 e. The first-order valence-electron chi connectivity index (χ1n) is 6.11. The Balaban J connectivity index is 2.09. The van der Waals surface area contributed by atoms with E-state index >= 15 is 0 Å². The highest BCUT2D eigenvalue weighted by molar-refractivity contribution is 6.33. The Morgan fingerprint density at radius 3 is 2.95 bits per heavy atom. The standard InChI is InChI=1S/C13H14ClFN2O2/c14-10-7-8(15)4-5-9(10)12(18)17-11-3-1-2-6-16-13(11)19/h4-5,7,11H,1-3,6H2,(H,16,19)(H,17,18). The zero-order valence-electron chi connectivity index (χ0n) is 10.2. The summed E-state index contributed by atoms with van der Waals surface area (Å²) in [7, 11) is 0. The molecule has 1 heterocycles. The summed E-state index contributed by atoms with van der Waals surface area (Å²) in [5, 5.41) is 5.39. The molecule has 4 nitrogen and oxygen atoms in total. The van der Waals surface area contributed by atoms with E-state index in [-0.39, 0.29) is 16.5 Å². The van der Waals surface area contributed by atoms with Crippen molar-refractivity contribution in [2.75, 3.05) is 6.54 Å². The Morgan fingerprint density at radius 2 is 2.21 bits per heavy atom. The molecular weight excluding hydrogens is 271 g/mol. The molecule has 1 unspecified atom stereocenters. The van der Waals surface area contributed by atoms with Gasteiger partial charge in [-0.1, -0.05) is 11.6 Å². The molecule has 1 aliphatic heterocycles. The monoisotopic (exact) mass is 284 g/mol. The highest BCUT2D eigenvalue weighted by Crippen LogP contribution is 2.17. The molecule has 1 fully saturated rings. The van der Waals surface area contributed by atoms with Gasteiger partial charge in [-0.15, -0.1) is 0 Å². The molecule has 1 aromatic carbocycles. The van der Waals surface area contributed by atoms with Crippen LogP contribution in [0.5, 0.6) is 0 Å². The number of carbonyl (C=O) groups is 2. The summed E-state index contributed by atoms with van der Waals surface area (Å²) in [4.78, 5) is 23.7. The predicted molar refractivity (Wildman–Crippen MR) is 69.5 cm³/mol. The van der Waals surface area contributed by atoms with Crippen LogP contribution in [0.15, 0.2) is 18.2 Å². The van der Waals surface area contributed by atoms with Gasteiger partial charge < -0.3 is 10.6 Å². The molecule has 1 saturated heterocycles. The van der Waals surface area contributed by atoms with Crippen molar-refractivity contribution < 1.29 is 14.0 Å².